The van der Waals surface area contributed by atoms with Gasteiger partial charge in [0, 0.05) is 41.9 Å². The highest BCUT2D eigenvalue weighted by molar-refractivity contribution is 7.54. The number of likely N-dealkylation sites (tertiary alicyclic amines) is 1. The van der Waals surface area contributed by atoms with Gasteiger partial charge in [-0.1, -0.05) is 51.4 Å². The van der Waals surface area contributed by atoms with Crippen LogP contribution in [0.5, 0.6) is 0 Å². The second-order valence-corrected chi connectivity index (χ2v) is 16.7. The number of hydrogen-bond acceptors (Lipinski definition) is 9. The number of carbonyl (C=O) groups is 4. The van der Waals surface area contributed by atoms with Crippen molar-refractivity contribution in [2.75, 3.05) is 32.9 Å². The Bertz CT molecular complexity index is 1360. The van der Waals surface area contributed by atoms with Gasteiger partial charge >= 0.3 is 13.7 Å². The molecule has 0 saturated carbocycles. The summed E-state index contributed by atoms with van der Waals surface area (Å²) in [6.07, 6.45) is 0.912. The van der Waals surface area contributed by atoms with Gasteiger partial charge in [-0.3, -0.25) is 18.9 Å². The number of alkyl carbamates (subject to hydrolysis) is 1. The molecule has 2 saturated heterocycles. The standard InChI is InChI=1S/C34H54ClN4O9P/c1-8-47-49(45,48-9-2)31(43)28(18-24-20-34(38-29(24)41)13-15-39(16-14-34)23(5)40)36-30(42)27(17-22(3)4)37-32(44)46-21-33(6,7)25-11-10-12-26(35)19-25/h10-12,19,22,24,27-28,31,43H,8-9,13-18,20-21H2,1-7H3,(H,36,42)(H,37,44)(H,38,41)/t24?,27-,28?,31?/m0/s1. The highest BCUT2D eigenvalue weighted by atomic mass is 35.5. The first kappa shape index (κ1) is 40.7. The van der Waals surface area contributed by atoms with E-state index < -0.39 is 54.4 Å². The van der Waals surface area contributed by atoms with E-state index in [1.807, 2.05) is 39.8 Å². The molecule has 276 valence electrons. The zero-order valence-corrected chi connectivity index (χ0v) is 31.4. The number of rotatable bonds is 16. The predicted octanol–water partition coefficient (Wildman–Crippen LogP) is 4.74. The van der Waals surface area contributed by atoms with Crippen LogP contribution in [-0.4, -0.2) is 90.2 Å². The van der Waals surface area contributed by atoms with Crippen molar-refractivity contribution in [2.24, 2.45) is 11.8 Å². The maximum Gasteiger partial charge on any atom is 0.407 e. The number of aliphatic hydroxyl groups excluding tert-OH is 1. The minimum Gasteiger partial charge on any atom is -0.449 e. The van der Waals surface area contributed by atoms with Gasteiger partial charge in [0.1, 0.15) is 12.6 Å². The molecule has 3 rings (SSSR count). The molecule has 13 nitrogen and oxygen atoms in total. The normalized spacial score (nSPS) is 19.7. The molecule has 2 fully saturated rings. The molecule has 0 aliphatic carbocycles. The Labute approximate surface area is 295 Å². The summed E-state index contributed by atoms with van der Waals surface area (Å²) >= 11 is 6.16. The summed E-state index contributed by atoms with van der Waals surface area (Å²) in [6, 6.07) is 4.96. The fourth-order valence-electron chi connectivity index (χ4n) is 6.49. The van der Waals surface area contributed by atoms with Gasteiger partial charge < -0.3 is 39.7 Å². The Kier molecular flexibility index (Phi) is 14.5. The van der Waals surface area contributed by atoms with Gasteiger partial charge in [-0.2, -0.15) is 0 Å². The molecule has 4 atom stereocenters. The van der Waals surface area contributed by atoms with Crippen LogP contribution in [0.15, 0.2) is 24.3 Å². The molecule has 0 radical (unpaired) electrons. The van der Waals surface area contributed by atoms with Gasteiger partial charge in [-0.25, -0.2) is 4.79 Å². The Morgan fingerprint density at radius 2 is 1.78 bits per heavy atom. The van der Waals surface area contributed by atoms with E-state index in [9.17, 15) is 28.8 Å². The van der Waals surface area contributed by atoms with Gasteiger partial charge in [0.2, 0.25) is 17.7 Å². The molecule has 0 aromatic heterocycles. The molecule has 15 heteroatoms. The smallest absolute Gasteiger partial charge is 0.407 e. The van der Waals surface area contributed by atoms with E-state index in [1.165, 1.54) is 6.92 Å². The van der Waals surface area contributed by atoms with Gasteiger partial charge in [-0.05, 0) is 69.6 Å². The first-order chi connectivity index (χ1) is 22.9. The van der Waals surface area contributed by atoms with Gasteiger partial charge in [0.25, 0.3) is 0 Å². The molecule has 2 aliphatic rings. The van der Waals surface area contributed by atoms with E-state index >= 15 is 0 Å². The second-order valence-electron chi connectivity index (χ2n) is 14.1. The molecule has 1 spiro atoms. The zero-order chi connectivity index (χ0) is 36.6. The second kappa shape index (κ2) is 17.5. The van der Waals surface area contributed by atoms with E-state index in [2.05, 4.69) is 16.0 Å². The Morgan fingerprint density at radius 1 is 1.14 bits per heavy atom. The van der Waals surface area contributed by atoms with Crippen molar-refractivity contribution >= 4 is 43.0 Å². The quantitative estimate of drug-likeness (QED) is 0.176. The Hall–Kier alpha value is -2.70. The summed E-state index contributed by atoms with van der Waals surface area (Å²) < 4.78 is 30.2. The summed E-state index contributed by atoms with van der Waals surface area (Å²) in [7, 11) is -4.16. The highest BCUT2D eigenvalue weighted by Gasteiger charge is 2.49. The number of carbonyl (C=O) groups excluding carboxylic acids is 4. The molecule has 0 bridgehead atoms. The van der Waals surface area contributed by atoms with E-state index in [4.69, 9.17) is 25.4 Å². The van der Waals surface area contributed by atoms with E-state index in [0.717, 1.165) is 5.56 Å². The fraction of sp³-hybridized carbons (Fsp3) is 0.706. The van der Waals surface area contributed by atoms with Crippen LogP contribution < -0.4 is 16.0 Å². The number of nitrogens with one attached hydrogen (secondary N) is 3. The Balaban J connectivity index is 1.79. The van der Waals surface area contributed by atoms with Crippen LogP contribution in [0.3, 0.4) is 0 Å². The summed E-state index contributed by atoms with van der Waals surface area (Å²) in [5.74, 6) is -3.40. The number of ether oxygens (including phenoxy) is 1. The predicted molar refractivity (Wildman–Crippen MR) is 186 cm³/mol. The lowest BCUT2D eigenvalue weighted by Gasteiger charge is -2.39. The molecular formula is C34H54ClN4O9P. The van der Waals surface area contributed by atoms with Crippen molar-refractivity contribution in [1.82, 2.24) is 20.9 Å². The minimum atomic E-state index is -4.16. The van der Waals surface area contributed by atoms with Crippen molar-refractivity contribution in [2.45, 2.75) is 109 Å². The van der Waals surface area contributed by atoms with Crippen LogP contribution >= 0.6 is 19.2 Å². The van der Waals surface area contributed by atoms with E-state index in [0.29, 0.717) is 37.4 Å². The molecule has 2 heterocycles. The van der Waals surface area contributed by atoms with Crippen LogP contribution in [-0.2, 0) is 38.1 Å². The van der Waals surface area contributed by atoms with Crippen molar-refractivity contribution in [3.05, 3.63) is 34.9 Å². The van der Waals surface area contributed by atoms with Crippen molar-refractivity contribution < 1.29 is 42.6 Å². The monoisotopic (exact) mass is 728 g/mol. The summed E-state index contributed by atoms with van der Waals surface area (Å²) in [5, 5.41) is 20.6. The summed E-state index contributed by atoms with van der Waals surface area (Å²) in [4.78, 5) is 53.8. The van der Waals surface area contributed by atoms with Crippen LogP contribution in [0.25, 0.3) is 0 Å². The third-order valence-corrected chi connectivity index (χ3v) is 11.7. The number of piperidine rings is 1. The third-order valence-electron chi connectivity index (χ3n) is 9.22. The van der Waals surface area contributed by atoms with Crippen LogP contribution in [0.1, 0.15) is 86.1 Å². The molecular weight excluding hydrogens is 675 g/mol. The number of hydrogen-bond donors (Lipinski definition) is 4. The van der Waals surface area contributed by atoms with E-state index in [1.54, 1.807) is 30.9 Å². The maximum absolute atomic E-state index is 13.9. The Morgan fingerprint density at radius 3 is 2.33 bits per heavy atom. The lowest BCUT2D eigenvalue weighted by atomic mass is 9.82. The number of benzene rings is 1. The van der Waals surface area contributed by atoms with Crippen LogP contribution in [0.2, 0.25) is 5.02 Å². The molecule has 49 heavy (non-hydrogen) atoms. The van der Waals surface area contributed by atoms with Crippen molar-refractivity contribution in [3.8, 4) is 0 Å². The lowest BCUT2D eigenvalue weighted by Crippen LogP contribution is -2.54. The molecule has 4 amide bonds. The minimum absolute atomic E-state index is 0.00510. The fourth-order valence-corrected chi connectivity index (χ4v) is 8.42. The van der Waals surface area contributed by atoms with Gasteiger partial charge in [0.05, 0.1) is 19.3 Å². The number of halogens is 1. The third kappa shape index (κ3) is 11.1. The highest BCUT2D eigenvalue weighted by Crippen LogP contribution is 2.54. The van der Waals surface area contributed by atoms with Crippen molar-refractivity contribution in [3.63, 3.8) is 0 Å². The number of amides is 4. The number of nitrogens with zero attached hydrogens (tertiary/aromatic N) is 1. The largest absolute Gasteiger partial charge is 0.449 e. The van der Waals surface area contributed by atoms with Crippen LogP contribution in [0.4, 0.5) is 4.79 Å². The first-order valence-electron chi connectivity index (χ1n) is 17.1. The maximum atomic E-state index is 13.9. The molecule has 3 unspecified atom stereocenters. The summed E-state index contributed by atoms with van der Waals surface area (Å²) in [6.45, 7) is 13.3. The first-order valence-corrected chi connectivity index (χ1v) is 19.1. The lowest BCUT2D eigenvalue weighted by molar-refractivity contribution is -0.130. The van der Waals surface area contributed by atoms with Gasteiger partial charge in [0.15, 0.2) is 5.85 Å². The van der Waals surface area contributed by atoms with Crippen LogP contribution in [0, 0.1) is 11.8 Å². The number of aliphatic hydroxyl groups is 1. The average molecular weight is 729 g/mol. The van der Waals surface area contributed by atoms with Gasteiger partial charge in [-0.15, -0.1) is 0 Å². The van der Waals surface area contributed by atoms with Crippen molar-refractivity contribution in [1.29, 1.82) is 0 Å². The average Bonchev–Trinajstić information content (AvgIpc) is 3.32. The topological polar surface area (TPSA) is 173 Å². The SMILES string of the molecule is CCOP(=O)(OCC)C(O)C(CC1CC2(CCN(C(C)=O)CC2)NC1=O)NC(=O)[C@H](CC(C)C)NC(=O)OCC(C)(C)c1cccc(Cl)c1. The van der Waals surface area contributed by atoms with E-state index in [-0.39, 0.29) is 50.4 Å². The molecule has 2 aliphatic heterocycles. The molecule has 4 N–H and O–H groups in total. The molecule has 1 aromatic carbocycles. The summed E-state index contributed by atoms with van der Waals surface area (Å²) in [5.41, 5.74) is -0.230. The zero-order valence-electron chi connectivity index (χ0n) is 29.8. The molecule has 1 aromatic rings.